The summed E-state index contributed by atoms with van der Waals surface area (Å²) >= 11 is 0. The molecule has 0 atom stereocenters. The van der Waals surface area contributed by atoms with Gasteiger partial charge in [0, 0.05) is 37.3 Å². The Labute approximate surface area is 175 Å². The molecule has 0 amide bonds. The highest BCUT2D eigenvalue weighted by Crippen LogP contribution is 2.32. The minimum atomic E-state index is -5.08. The van der Waals surface area contributed by atoms with E-state index in [4.69, 9.17) is 24.1 Å². The van der Waals surface area contributed by atoms with E-state index in [1.807, 2.05) is 22.9 Å². The Hall–Kier alpha value is -2.70. The Bertz CT molecular complexity index is 940. The fourth-order valence-electron chi connectivity index (χ4n) is 3.58. The molecule has 170 valence electrons. The first-order chi connectivity index (χ1) is 14.6. The van der Waals surface area contributed by atoms with Crippen LogP contribution in [0.4, 0.5) is 13.2 Å². The van der Waals surface area contributed by atoms with E-state index in [1.165, 1.54) is 7.11 Å². The zero-order chi connectivity index (χ0) is 22.6. The molecule has 2 aliphatic heterocycles. The van der Waals surface area contributed by atoms with Gasteiger partial charge in [-0.15, -0.1) is 0 Å². The molecule has 2 fully saturated rings. The lowest BCUT2D eigenvalue weighted by atomic mass is 10.2. The molecule has 9 nitrogen and oxygen atoms in total. The molecule has 4 rings (SSSR count). The van der Waals surface area contributed by atoms with Crippen molar-refractivity contribution in [1.29, 1.82) is 0 Å². The van der Waals surface area contributed by atoms with Gasteiger partial charge in [-0.3, -0.25) is 9.69 Å². The van der Waals surface area contributed by atoms with Gasteiger partial charge in [-0.2, -0.15) is 13.2 Å². The molecule has 2 aliphatic rings. The predicted octanol–water partition coefficient (Wildman–Crippen LogP) is 1.79. The highest BCUT2D eigenvalue weighted by Gasteiger charge is 2.43. The number of hydrogen-bond acceptors (Lipinski definition) is 7. The average molecular weight is 445 g/mol. The molecule has 2 saturated heterocycles. The number of carboxylic acids is 1. The van der Waals surface area contributed by atoms with Crippen LogP contribution in [0.2, 0.25) is 0 Å². The minimum absolute atomic E-state index is 0.167. The van der Waals surface area contributed by atoms with Gasteiger partial charge in [-0.1, -0.05) is 0 Å². The van der Waals surface area contributed by atoms with Gasteiger partial charge in [0.25, 0.3) is 0 Å². The SMILES string of the molecule is COC(=O)Cn1cc(CN2CCC3(C2)OCCO3)c2cccnc21.O=C(O)C(F)(F)F. The van der Waals surface area contributed by atoms with Crippen LogP contribution in [0.1, 0.15) is 12.0 Å². The van der Waals surface area contributed by atoms with Crippen LogP contribution >= 0.6 is 0 Å². The smallest absolute Gasteiger partial charge is 0.475 e. The molecule has 0 aromatic carbocycles. The second-order valence-corrected chi connectivity index (χ2v) is 7.10. The summed E-state index contributed by atoms with van der Waals surface area (Å²) in [7, 11) is 1.40. The second-order valence-electron chi connectivity index (χ2n) is 7.10. The number of carbonyl (C=O) groups is 2. The third kappa shape index (κ3) is 5.51. The number of halogens is 3. The zero-order valence-electron chi connectivity index (χ0n) is 16.7. The highest BCUT2D eigenvalue weighted by atomic mass is 19.4. The van der Waals surface area contributed by atoms with Gasteiger partial charge < -0.3 is 23.9 Å². The number of rotatable bonds is 4. The monoisotopic (exact) mass is 445 g/mol. The molecule has 2 aromatic heterocycles. The van der Waals surface area contributed by atoms with Crippen LogP contribution in [0.3, 0.4) is 0 Å². The maximum Gasteiger partial charge on any atom is 0.490 e. The lowest BCUT2D eigenvalue weighted by molar-refractivity contribution is -0.192. The Morgan fingerprint density at radius 2 is 2.00 bits per heavy atom. The quantitative estimate of drug-likeness (QED) is 0.711. The number of methoxy groups -OCH3 is 1. The van der Waals surface area contributed by atoms with Crippen LogP contribution in [-0.2, 0) is 36.9 Å². The summed E-state index contributed by atoms with van der Waals surface area (Å²) in [6.07, 6.45) is -0.451. The lowest BCUT2D eigenvalue weighted by Crippen LogP contribution is -2.34. The first-order valence-corrected chi connectivity index (χ1v) is 9.43. The summed E-state index contributed by atoms with van der Waals surface area (Å²) in [4.78, 5) is 27.3. The van der Waals surface area contributed by atoms with Gasteiger partial charge >= 0.3 is 18.1 Å². The van der Waals surface area contributed by atoms with Crippen LogP contribution in [0, 0.1) is 0 Å². The molecule has 1 N–H and O–H groups in total. The van der Waals surface area contributed by atoms with Gasteiger partial charge in [0.05, 0.1) is 26.9 Å². The maximum absolute atomic E-state index is 11.6. The predicted molar refractivity (Wildman–Crippen MR) is 100.0 cm³/mol. The van der Waals surface area contributed by atoms with E-state index in [-0.39, 0.29) is 12.5 Å². The zero-order valence-corrected chi connectivity index (χ0v) is 16.7. The summed E-state index contributed by atoms with van der Waals surface area (Å²) < 4.78 is 49.9. The van der Waals surface area contributed by atoms with Crippen molar-refractivity contribution < 1.29 is 42.1 Å². The number of hydrogen-bond donors (Lipinski definition) is 1. The topological polar surface area (TPSA) is 103 Å². The van der Waals surface area contributed by atoms with Crippen molar-refractivity contribution in [2.45, 2.75) is 31.5 Å². The lowest BCUT2D eigenvalue weighted by Gasteiger charge is -2.22. The number of aromatic nitrogens is 2. The number of ether oxygens (including phenoxy) is 3. The summed E-state index contributed by atoms with van der Waals surface area (Å²) in [5, 5.41) is 8.19. The summed E-state index contributed by atoms with van der Waals surface area (Å²) in [5.41, 5.74) is 1.96. The molecule has 4 heterocycles. The van der Waals surface area contributed by atoms with Gasteiger partial charge in [0.15, 0.2) is 5.79 Å². The van der Waals surface area contributed by atoms with Crippen molar-refractivity contribution in [2.75, 3.05) is 33.4 Å². The summed E-state index contributed by atoms with van der Waals surface area (Å²) in [6, 6.07) is 3.96. The van der Waals surface area contributed by atoms with Crippen molar-refractivity contribution in [3.05, 3.63) is 30.1 Å². The van der Waals surface area contributed by atoms with Gasteiger partial charge in [-0.25, -0.2) is 9.78 Å². The number of likely N-dealkylation sites (tertiary alicyclic amines) is 1. The number of fused-ring (bicyclic) bond motifs is 1. The maximum atomic E-state index is 11.6. The number of alkyl halides is 3. The van der Waals surface area contributed by atoms with Gasteiger partial charge in [0.2, 0.25) is 0 Å². The van der Waals surface area contributed by atoms with Gasteiger partial charge in [-0.05, 0) is 17.7 Å². The molecule has 0 radical (unpaired) electrons. The number of pyridine rings is 1. The van der Waals surface area contributed by atoms with Crippen molar-refractivity contribution >= 4 is 23.0 Å². The van der Waals surface area contributed by atoms with E-state index in [0.29, 0.717) is 13.2 Å². The Morgan fingerprint density at radius 1 is 1.32 bits per heavy atom. The molecular weight excluding hydrogens is 423 g/mol. The first-order valence-electron chi connectivity index (χ1n) is 9.43. The van der Waals surface area contributed by atoms with E-state index >= 15 is 0 Å². The molecule has 31 heavy (non-hydrogen) atoms. The molecule has 0 bridgehead atoms. The number of esters is 1. The third-order valence-corrected chi connectivity index (χ3v) is 4.97. The third-order valence-electron chi connectivity index (χ3n) is 4.97. The van der Waals surface area contributed by atoms with Crippen LogP contribution < -0.4 is 0 Å². The first kappa shape index (κ1) is 23.0. The highest BCUT2D eigenvalue weighted by molar-refractivity contribution is 5.82. The van der Waals surface area contributed by atoms with Crippen LogP contribution in [0.25, 0.3) is 11.0 Å². The Morgan fingerprint density at radius 3 is 2.61 bits per heavy atom. The number of carboxylic acid groups (broad SMARTS) is 1. The standard InChI is InChI=1S/C17H21N3O4.C2HF3O2/c1-22-15(21)11-20-10-13(14-3-2-5-18-16(14)20)9-19-6-4-17(12-19)23-7-8-24-17;3-2(4,5)1(6)7/h2-3,5,10H,4,6-9,11-12H2,1H3;(H,6,7). The normalized spacial score (nSPS) is 18.2. The molecule has 0 aliphatic carbocycles. The summed E-state index contributed by atoms with van der Waals surface area (Å²) in [5.74, 6) is -3.45. The minimum Gasteiger partial charge on any atom is -0.475 e. The van der Waals surface area contributed by atoms with E-state index in [0.717, 1.165) is 42.7 Å². The van der Waals surface area contributed by atoms with Crippen LogP contribution in [0.5, 0.6) is 0 Å². The van der Waals surface area contributed by atoms with Crippen molar-refractivity contribution in [2.24, 2.45) is 0 Å². The second kappa shape index (κ2) is 9.20. The van der Waals surface area contributed by atoms with E-state index in [2.05, 4.69) is 9.88 Å². The number of nitrogens with zero attached hydrogens (tertiary/aromatic N) is 3. The van der Waals surface area contributed by atoms with E-state index in [9.17, 15) is 18.0 Å². The largest absolute Gasteiger partial charge is 0.490 e. The molecular formula is C19H22F3N3O6. The molecule has 1 spiro atoms. The Balaban J connectivity index is 0.000000339. The van der Waals surface area contributed by atoms with Crippen molar-refractivity contribution in [3.8, 4) is 0 Å². The van der Waals surface area contributed by atoms with Crippen LogP contribution in [0.15, 0.2) is 24.5 Å². The van der Waals surface area contributed by atoms with E-state index in [1.54, 1.807) is 6.20 Å². The summed E-state index contributed by atoms with van der Waals surface area (Å²) in [6.45, 7) is 4.01. The number of carbonyl (C=O) groups excluding carboxylic acids is 1. The molecule has 12 heteroatoms. The van der Waals surface area contributed by atoms with Crippen LogP contribution in [-0.4, -0.2) is 76.9 Å². The Kier molecular flexibility index (Phi) is 6.82. The molecule has 2 aromatic rings. The van der Waals surface area contributed by atoms with Crippen molar-refractivity contribution in [3.63, 3.8) is 0 Å². The fraction of sp³-hybridized carbons (Fsp3) is 0.526. The molecule has 0 saturated carbocycles. The van der Waals surface area contributed by atoms with Crippen molar-refractivity contribution in [1.82, 2.24) is 14.5 Å². The number of aliphatic carboxylic acids is 1. The fourth-order valence-corrected chi connectivity index (χ4v) is 3.58. The van der Waals surface area contributed by atoms with Gasteiger partial charge in [0.1, 0.15) is 12.2 Å². The van der Waals surface area contributed by atoms with E-state index < -0.39 is 17.9 Å². The molecule has 0 unspecified atom stereocenters. The average Bonchev–Trinajstić information content (AvgIpc) is 3.43.